The van der Waals surface area contributed by atoms with E-state index in [1.807, 2.05) is 19.3 Å². The third-order valence-corrected chi connectivity index (χ3v) is 3.09. The minimum atomic E-state index is 0.165. The summed E-state index contributed by atoms with van der Waals surface area (Å²) in [6.07, 6.45) is 7.37. The molecular formula is C13H22N4. The Kier molecular flexibility index (Phi) is 3.94. The number of anilines is 1. The molecule has 17 heavy (non-hydrogen) atoms. The van der Waals surface area contributed by atoms with Crippen LogP contribution in [0.5, 0.6) is 0 Å². The van der Waals surface area contributed by atoms with E-state index >= 15 is 0 Å². The highest BCUT2D eigenvalue weighted by molar-refractivity contribution is 5.30. The number of hydrogen-bond acceptors (Lipinski definition) is 4. The van der Waals surface area contributed by atoms with Crippen LogP contribution in [0.4, 0.5) is 5.95 Å². The zero-order valence-corrected chi connectivity index (χ0v) is 10.8. The second-order valence-corrected chi connectivity index (χ2v) is 5.05. The molecule has 1 aromatic heterocycles. The van der Waals surface area contributed by atoms with Gasteiger partial charge >= 0.3 is 0 Å². The summed E-state index contributed by atoms with van der Waals surface area (Å²) in [6, 6.07) is 0.165. The van der Waals surface area contributed by atoms with Gasteiger partial charge in [0.1, 0.15) is 0 Å². The lowest BCUT2D eigenvalue weighted by Gasteiger charge is -2.20. The minimum Gasteiger partial charge on any atom is -0.341 e. The number of nitrogens with zero attached hydrogens (tertiary/aromatic N) is 3. The van der Waals surface area contributed by atoms with Crippen LogP contribution >= 0.6 is 0 Å². The first-order valence-corrected chi connectivity index (χ1v) is 6.50. The maximum Gasteiger partial charge on any atom is 0.225 e. The fraction of sp³-hybridized carbons (Fsp3) is 0.692. The largest absolute Gasteiger partial charge is 0.341 e. The van der Waals surface area contributed by atoms with Gasteiger partial charge in [0, 0.05) is 31.5 Å². The van der Waals surface area contributed by atoms with Gasteiger partial charge in [-0.3, -0.25) is 0 Å². The number of hydrogen-bond donors (Lipinski definition) is 1. The molecule has 1 aromatic rings. The van der Waals surface area contributed by atoms with Gasteiger partial charge in [0.25, 0.3) is 0 Å². The molecule has 0 aromatic carbocycles. The van der Waals surface area contributed by atoms with Gasteiger partial charge in [-0.05, 0) is 44.6 Å². The van der Waals surface area contributed by atoms with E-state index in [-0.39, 0.29) is 6.04 Å². The lowest BCUT2D eigenvalue weighted by atomic mass is 10.1. The molecule has 1 unspecified atom stereocenters. The van der Waals surface area contributed by atoms with E-state index in [0.29, 0.717) is 0 Å². The van der Waals surface area contributed by atoms with Gasteiger partial charge in [-0.25, -0.2) is 9.97 Å². The lowest BCUT2D eigenvalue weighted by molar-refractivity contribution is 0.708. The summed E-state index contributed by atoms with van der Waals surface area (Å²) >= 11 is 0. The minimum absolute atomic E-state index is 0.165. The molecule has 2 rings (SSSR count). The van der Waals surface area contributed by atoms with E-state index in [1.165, 1.54) is 12.8 Å². The molecule has 0 aliphatic heterocycles. The monoisotopic (exact) mass is 234 g/mol. The van der Waals surface area contributed by atoms with Crippen molar-refractivity contribution < 1.29 is 0 Å². The van der Waals surface area contributed by atoms with Gasteiger partial charge in [0.15, 0.2) is 0 Å². The van der Waals surface area contributed by atoms with E-state index < -0.39 is 0 Å². The first-order valence-electron chi connectivity index (χ1n) is 6.50. The van der Waals surface area contributed by atoms with Crippen molar-refractivity contribution in [1.29, 1.82) is 0 Å². The smallest absolute Gasteiger partial charge is 0.225 e. The molecule has 0 saturated heterocycles. The van der Waals surface area contributed by atoms with Crippen molar-refractivity contribution in [2.24, 2.45) is 11.7 Å². The van der Waals surface area contributed by atoms with Gasteiger partial charge in [0.05, 0.1) is 0 Å². The van der Waals surface area contributed by atoms with Crippen LogP contribution in [0.25, 0.3) is 0 Å². The predicted octanol–water partition coefficient (Wildman–Crippen LogP) is 1.60. The van der Waals surface area contributed by atoms with Crippen LogP contribution in [0.3, 0.4) is 0 Å². The molecular weight excluding hydrogens is 212 g/mol. The van der Waals surface area contributed by atoms with Crippen molar-refractivity contribution in [3.63, 3.8) is 0 Å². The van der Waals surface area contributed by atoms with Gasteiger partial charge < -0.3 is 10.6 Å². The van der Waals surface area contributed by atoms with Crippen molar-refractivity contribution in [3.05, 3.63) is 18.0 Å². The van der Waals surface area contributed by atoms with E-state index in [0.717, 1.165) is 36.9 Å². The predicted molar refractivity (Wildman–Crippen MR) is 70.0 cm³/mol. The molecule has 2 N–H and O–H groups in total. The molecule has 4 heteroatoms. The van der Waals surface area contributed by atoms with Crippen molar-refractivity contribution in [2.75, 3.05) is 18.0 Å². The van der Waals surface area contributed by atoms with Crippen LogP contribution in [0.1, 0.15) is 32.3 Å². The van der Waals surface area contributed by atoms with E-state index in [2.05, 4.69) is 21.8 Å². The number of rotatable bonds is 6. The van der Waals surface area contributed by atoms with Gasteiger partial charge in [-0.1, -0.05) is 0 Å². The molecule has 0 spiro atoms. The number of aromatic nitrogens is 2. The Hall–Kier alpha value is -1.16. The van der Waals surface area contributed by atoms with Crippen molar-refractivity contribution in [1.82, 2.24) is 9.97 Å². The number of nitrogens with two attached hydrogens (primary N) is 1. The van der Waals surface area contributed by atoms with E-state index in [9.17, 15) is 0 Å². The van der Waals surface area contributed by atoms with Gasteiger partial charge in [0.2, 0.25) is 5.95 Å². The molecule has 0 radical (unpaired) electrons. The molecule has 1 aliphatic carbocycles. The lowest BCUT2D eigenvalue weighted by Crippen LogP contribution is -2.27. The molecule has 4 nitrogen and oxygen atoms in total. The Bertz CT molecular complexity index is 343. The molecule has 1 atom stereocenters. The molecule has 1 saturated carbocycles. The van der Waals surface area contributed by atoms with Crippen molar-refractivity contribution >= 4 is 5.95 Å². The molecule has 1 heterocycles. The Labute approximate surface area is 103 Å². The van der Waals surface area contributed by atoms with Crippen LogP contribution in [-0.4, -0.2) is 29.1 Å². The van der Waals surface area contributed by atoms with E-state index in [4.69, 9.17) is 5.73 Å². The van der Waals surface area contributed by atoms with E-state index in [1.54, 1.807) is 0 Å². The van der Waals surface area contributed by atoms with Gasteiger partial charge in [-0.15, -0.1) is 0 Å². The third kappa shape index (κ3) is 3.66. The average molecular weight is 234 g/mol. The molecule has 1 fully saturated rings. The highest BCUT2D eigenvalue weighted by Gasteiger charge is 2.24. The third-order valence-electron chi connectivity index (χ3n) is 3.09. The molecule has 0 amide bonds. The maximum atomic E-state index is 5.76. The standard InChI is InChI=1S/C13H22N4/c1-3-17(9-11-4-5-11)13-15-7-12(8-16-13)6-10(2)14/h7-8,10-11H,3-6,9,14H2,1-2H3. The zero-order valence-electron chi connectivity index (χ0n) is 10.8. The maximum absolute atomic E-state index is 5.76. The van der Waals surface area contributed by atoms with Crippen LogP contribution in [0.15, 0.2) is 12.4 Å². The summed E-state index contributed by atoms with van der Waals surface area (Å²) in [6.45, 7) is 6.23. The van der Waals surface area contributed by atoms with Crippen LogP contribution in [0, 0.1) is 5.92 Å². The Balaban J connectivity index is 1.99. The summed E-state index contributed by atoms with van der Waals surface area (Å²) in [7, 11) is 0. The highest BCUT2D eigenvalue weighted by Crippen LogP contribution is 2.30. The second-order valence-electron chi connectivity index (χ2n) is 5.05. The fourth-order valence-corrected chi connectivity index (χ4v) is 1.95. The van der Waals surface area contributed by atoms with Gasteiger partial charge in [-0.2, -0.15) is 0 Å². The van der Waals surface area contributed by atoms with Crippen LogP contribution < -0.4 is 10.6 Å². The topological polar surface area (TPSA) is 55.0 Å². The summed E-state index contributed by atoms with van der Waals surface area (Å²) in [5.41, 5.74) is 6.87. The Morgan fingerprint density at radius 3 is 2.53 bits per heavy atom. The average Bonchev–Trinajstić information content (AvgIpc) is 3.10. The fourth-order valence-electron chi connectivity index (χ4n) is 1.95. The summed E-state index contributed by atoms with van der Waals surface area (Å²) in [5, 5.41) is 0. The summed E-state index contributed by atoms with van der Waals surface area (Å²) < 4.78 is 0. The van der Waals surface area contributed by atoms with Crippen molar-refractivity contribution in [3.8, 4) is 0 Å². The van der Waals surface area contributed by atoms with Crippen LogP contribution in [-0.2, 0) is 6.42 Å². The normalized spacial score (nSPS) is 16.9. The second kappa shape index (κ2) is 5.45. The first-order chi connectivity index (χ1) is 8.19. The summed E-state index contributed by atoms with van der Waals surface area (Å²) in [4.78, 5) is 11.1. The SMILES string of the molecule is CCN(CC1CC1)c1ncc(CC(C)N)cn1. The first kappa shape index (κ1) is 12.3. The molecule has 0 bridgehead atoms. The van der Waals surface area contributed by atoms with Crippen LogP contribution in [0.2, 0.25) is 0 Å². The van der Waals surface area contributed by atoms with Crippen molar-refractivity contribution in [2.45, 2.75) is 39.2 Å². The summed E-state index contributed by atoms with van der Waals surface area (Å²) in [5.74, 6) is 1.72. The molecule has 1 aliphatic rings. The highest BCUT2D eigenvalue weighted by atomic mass is 15.2. The Morgan fingerprint density at radius 2 is 2.06 bits per heavy atom. The zero-order chi connectivity index (χ0) is 12.3. The molecule has 94 valence electrons. The quantitative estimate of drug-likeness (QED) is 0.812. The Morgan fingerprint density at radius 1 is 1.41 bits per heavy atom.